The number of anilines is 1. The van der Waals surface area contributed by atoms with Crippen LogP contribution in [0.25, 0.3) is 27.9 Å². The van der Waals surface area contributed by atoms with Crippen LogP contribution in [0.1, 0.15) is 54.1 Å². The van der Waals surface area contributed by atoms with Crippen molar-refractivity contribution in [3.63, 3.8) is 0 Å². The number of nitrogens with zero attached hydrogens (tertiary/aromatic N) is 6. The number of nitrogens with one attached hydrogen (secondary N) is 1. The van der Waals surface area contributed by atoms with Crippen LogP contribution < -0.4 is 10.2 Å². The van der Waals surface area contributed by atoms with E-state index in [9.17, 15) is 9.90 Å². The van der Waals surface area contributed by atoms with Gasteiger partial charge in [0.2, 0.25) is 0 Å². The van der Waals surface area contributed by atoms with E-state index in [1.54, 1.807) is 17.8 Å². The van der Waals surface area contributed by atoms with Crippen LogP contribution in [-0.2, 0) is 11.3 Å². The zero-order valence-corrected chi connectivity index (χ0v) is 23.8. The number of amides is 1. The van der Waals surface area contributed by atoms with Crippen LogP contribution in [0.2, 0.25) is 0 Å². The third kappa shape index (κ3) is 4.60. The fraction of sp³-hybridized carbons (Fsp3) is 0.375. The van der Waals surface area contributed by atoms with Gasteiger partial charge in [0, 0.05) is 50.1 Å². The Hall–Kier alpha value is -4.28. The molecular weight excluding hydrogens is 530 g/mol. The monoisotopic (exact) mass is 565 g/mol. The van der Waals surface area contributed by atoms with Gasteiger partial charge in [-0.1, -0.05) is 30.3 Å². The summed E-state index contributed by atoms with van der Waals surface area (Å²) in [6, 6.07) is 16.2. The van der Waals surface area contributed by atoms with Crippen LogP contribution >= 0.6 is 0 Å². The SMILES string of the molecule is CO[C@@H]1CCC[C@H]1n1cc(-c2cc(N(C)Cc3ccccc3)n3ncc(C(=O)NC4CC[C@H]4O)c3n2)c2cccnc21. The minimum Gasteiger partial charge on any atom is -0.391 e. The van der Waals surface area contributed by atoms with E-state index in [1.807, 2.05) is 43.6 Å². The second-order valence-electron chi connectivity index (χ2n) is 11.5. The van der Waals surface area contributed by atoms with Gasteiger partial charge in [-0.05, 0) is 49.8 Å². The Bertz CT molecular complexity index is 1750. The minimum absolute atomic E-state index is 0.130. The number of pyridine rings is 1. The van der Waals surface area contributed by atoms with Crippen LogP contribution in [-0.4, -0.2) is 67.6 Å². The molecule has 0 bridgehead atoms. The average molecular weight is 566 g/mol. The quantitative estimate of drug-likeness (QED) is 0.287. The molecule has 10 heteroatoms. The molecule has 0 aliphatic heterocycles. The molecule has 2 fully saturated rings. The Morgan fingerprint density at radius 1 is 1.12 bits per heavy atom. The van der Waals surface area contributed by atoms with Crippen LogP contribution in [0.3, 0.4) is 0 Å². The van der Waals surface area contributed by atoms with Gasteiger partial charge in [-0.2, -0.15) is 9.61 Å². The molecule has 10 nitrogen and oxygen atoms in total. The zero-order valence-electron chi connectivity index (χ0n) is 23.8. The van der Waals surface area contributed by atoms with E-state index in [-0.39, 0.29) is 24.1 Å². The minimum atomic E-state index is -0.517. The molecule has 1 aromatic carbocycles. The van der Waals surface area contributed by atoms with Crippen molar-refractivity contribution in [3.05, 3.63) is 78.2 Å². The second kappa shape index (κ2) is 10.8. The normalized spacial score (nSPS) is 22.0. The molecule has 2 aliphatic carbocycles. The van der Waals surface area contributed by atoms with Gasteiger partial charge in [0.25, 0.3) is 5.91 Å². The molecule has 1 amide bonds. The number of aliphatic hydroxyl groups excluding tert-OH is 1. The summed E-state index contributed by atoms with van der Waals surface area (Å²) >= 11 is 0. The second-order valence-corrected chi connectivity index (χ2v) is 11.5. The summed E-state index contributed by atoms with van der Waals surface area (Å²) in [5.74, 6) is 0.523. The topological polar surface area (TPSA) is 110 Å². The van der Waals surface area contributed by atoms with E-state index < -0.39 is 6.10 Å². The van der Waals surface area contributed by atoms with Crippen molar-refractivity contribution in [2.45, 2.75) is 62.9 Å². The number of methoxy groups -OCH3 is 1. The number of carbonyl (C=O) groups is 1. The van der Waals surface area contributed by atoms with Crippen molar-refractivity contribution < 1.29 is 14.6 Å². The molecule has 216 valence electrons. The Morgan fingerprint density at radius 3 is 2.74 bits per heavy atom. The van der Waals surface area contributed by atoms with Gasteiger partial charge in [-0.3, -0.25) is 4.79 Å². The summed E-state index contributed by atoms with van der Waals surface area (Å²) < 4.78 is 9.82. The third-order valence-electron chi connectivity index (χ3n) is 8.85. The molecule has 0 saturated heterocycles. The first-order valence-corrected chi connectivity index (χ1v) is 14.6. The number of hydrogen-bond donors (Lipinski definition) is 2. The van der Waals surface area contributed by atoms with E-state index in [0.717, 1.165) is 59.4 Å². The Kier molecular flexibility index (Phi) is 6.87. The first-order chi connectivity index (χ1) is 20.5. The molecule has 4 atom stereocenters. The molecule has 0 radical (unpaired) electrons. The van der Waals surface area contributed by atoms with Crippen molar-refractivity contribution in [2.75, 3.05) is 19.1 Å². The Labute approximate surface area is 244 Å². The van der Waals surface area contributed by atoms with Gasteiger partial charge in [0.15, 0.2) is 5.65 Å². The van der Waals surface area contributed by atoms with Gasteiger partial charge in [-0.15, -0.1) is 0 Å². The van der Waals surface area contributed by atoms with Crippen molar-refractivity contribution in [1.82, 2.24) is 29.5 Å². The standard InChI is InChI=1S/C32H35N7O3/c1-37(18-20-8-4-3-5-9-20)29-16-25(35-31-22(17-34-39(29)31)32(41)36-24-13-14-27(24)40)23-19-38(26-11-6-12-28(26)42-2)30-21(23)10-7-15-33-30/h3-5,7-10,15-17,19,24,26-28,40H,6,11-14,18H2,1-2H3,(H,36,41)/t24?,26-,27-,28-/m1/s1. The number of carbonyl (C=O) groups excluding carboxylic acids is 1. The van der Waals surface area contributed by atoms with Crippen molar-refractivity contribution in [1.29, 1.82) is 0 Å². The van der Waals surface area contributed by atoms with E-state index in [0.29, 0.717) is 24.2 Å². The number of hydrogen-bond acceptors (Lipinski definition) is 7. The Balaban J connectivity index is 1.37. The molecular formula is C32H35N7O3. The average Bonchev–Trinajstić information content (AvgIpc) is 3.75. The highest BCUT2D eigenvalue weighted by Gasteiger charge is 2.33. The van der Waals surface area contributed by atoms with Crippen molar-refractivity contribution in [2.24, 2.45) is 0 Å². The summed E-state index contributed by atoms with van der Waals surface area (Å²) in [6.07, 6.45) is 9.74. The van der Waals surface area contributed by atoms with Crippen LogP contribution in [0.4, 0.5) is 5.82 Å². The molecule has 5 aromatic rings. The number of fused-ring (bicyclic) bond motifs is 2. The lowest BCUT2D eigenvalue weighted by Crippen LogP contribution is -2.50. The summed E-state index contributed by atoms with van der Waals surface area (Å²) in [5, 5.41) is 18.6. The number of ether oxygens (including phenoxy) is 1. The summed E-state index contributed by atoms with van der Waals surface area (Å²) in [4.78, 5) is 25.3. The summed E-state index contributed by atoms with van der Waals surface area (Å²) in [5.41, 5.74) is 4.57. The van der Waals surface area contributed by atoms with E-state index in [2.05, 4.69) is 44.3 Å². The number of aliphatic hydroxyl groups is 1. The molecule has 2 aliphatic rings. The molecule has 2 saturated carbocycles. The first-order valence-electron chi connectivity index (χ1n) is 14.6. The molecule has 4 heterocycles. The maximum absolute atomic E-state index is 13.4. The van der Waals surface area contributed by atoms with E-state index in [4.69, 9.17) is 14.7 Å². The molecule has 4 aromatic heterocycles. The van der Waals surface area contributed by atoms with Crippen LogP contribution in [0.15, 0.2) is 67.1 Å². The smallest absolute Gasteiger partial charge is 0.257 e. The lowest BCUT2D eigenvalue weighted by molar-refractivity contribution is 0.0448. The molecule has 42 heavy (non-hydrogen) atoms. The summed E-state index contributed by atoms with van der Waals surface area (Å²) in [7, 11) is 3.80. The highest BCUT2D eigenvalue weighted by Crippen LogP contribution is 2.39. The highest BCUT2D eigenvalue weighted by molar-refractivity contribution is 6.01. The lowest BCUT2D eigenvalue weighted by Gasteiger charge is -2.32. The maximum atomic E-state index is 13.4. The Morgan fingerprint density at radius 2 is 1.98 bits per heavy atom. The highest BCUT2D eigenvalue weighted by atomic mass is 16.5. The molecule has 7 rings (SSSR count). The lowest BCUT2D eigenvalue weighted by atomic mass is 9.89. The number of rotatable bonds is 8. The molecule has 2 N–H and O–H groups in total. The predicted molar refractivity (Wildman–Crippen MR) is 160 cm³/mol. The molecule has 1 unspecified atom stereocenters. The predicted octanol–water partition coefficient (Wildman–Crippen LogP) is 4.38. The van der Waals surface area contributed by atoms with Gasteiger partial charge in [-0.25, -0.2) is 9.97 Å². The van der Waals surface area contributed by atoms with Gasteiger partial charge in [0.05, 0.1) is 36.2 Å². The van der Waals surface area contributed by atoms with Gasteiger partial charge >= 0.3 is 0 Å². The third-order valence-corrected chi connectivity index (χ3v) is 8.85. The van der Waals surface area contributed by atoms with E-state index in [1.165, 1.54) is 0 Å². The fourth-order valence-corrected chi connectivity index (χ4v) is 6.39. The number of aromatic nitrogens is 5. The van der Waals surface area contributed by atoms with Crippen molar-refractivity contribution in [3.8, 4) is 11.3 Å². The molecule has 0 spiro atoms. The van der Waals surface area contributed by atoms with Gasteiger partial charge in [0.1, 0.15) is 17.0 Å². The number of benzene rings is 1. The first kappa shape index (κ1) is 26.6. The van der Waals surface area contributed by atoms with Gasteiger partial charge < -0.3 is 24.6 Å². The van der Waals surface area contributed by atoms with Crippen LogP contribution in [0.5, 0.6) is 0 Å². The fourth-order valence-electron chi connectivity index (χ4n) is 6.39. The van der Waals surface area contributed by atoms with E-state index >= 15 is 0 Å². The zero-order chi connectivity index (χ0) is 28.8. The largest absolute Gasteiger partial charge is 0.391 e. The maximum Gasteiger partial charge on any atom is 0.257 e. The van der Waals surface area contributed by atoms with Crippen molar-refractivity contribution >= 4 is 28.4 Å². The van der Waals surface area contributed by atoms with Crippen LogP contribution in [0, 0.1) is 0 Å². The summed E-state index contributed by atoms with van der Waals surface area (Å²) in [6.45, 7) is 0.649.